The molecule has 0 spiro atoms. The molecule has 0 aliphatic heterocycles. The molecule has 0 saturated heterocycles. The molecule has 2 rings (SSSR count). The van der Waals surface area contributed by atoms with Crippen LogP contribution in [0.1, 0.15) is 45.7 Å². The zero-order valence-electron chi connectivity index (χ0n) is 24.1. The van der Waals surface area contributed by atoms with Crippen LogP contribution in [0.4, 0.5) is 0 Å². The van der Waals surface area contributed by atoms with Crippen molar-refractivity contribution in [1.82, 2.24) is 0 Å². The van der Waals surface area contributed by atoms with Crippen molar-refractivity contribution in [1.29, 1.82) is 0 Å². The van der Waals surface area contributed by atoms with E-state index in [1.54, 1.807) is 24.3 Å². The van der Waals surface area contributed by atoms with Crippen molar-refractivity contribution in [2.75, 3.05) is 13.2 Å². The van der Waals surface area contributed by atoms with E-state index in [2.05, 4.69) is 40.5 Å². The van der Waals surface area contributed by atoms with E-state index in [1.165, 1.54) is 0 Å². The number of carbonyl (C=O) groups is 3. The number of esters is 3. The molecule has 0 aliphatic rings. The molecule has 0 atom stereocenters. The van der Waals surface area contributed by atoms with Gasteiger partial charge < -0.3 is 14.2 Å². The predicted molar refractivity (Wildman–Crippen MR) is 161 cm³/mol. The Labute approximate surface area is 238 Å². The first-order valence-corrected chi connectivity index (χ1v) is 12.8. The summed E-state index contributed by atoms with van der Waals surface area (Å²) < 4.78 is 15.2. The highest BCUT2D eigenvalue weighted by Crippen LogP contribution is 2.21. The number of ether oxygens (including phenoxy) is 3. The molecule has 6 nitrogen and oxygen atoms in total. The second kappa shape index (κ2) is 16.5. The second-order valence-corrected chi connectivity index (χ2v) is 10.7. The monoisotopic (exact) mass is 544 g/mol. The summed E-state index contributed by atoms with van der Waals surface area (Å²) in [5.74, 6) is -0.826. The zero-order chi connectivity index (χ0) is 30.2. The van der Waals surface area contributed by atoms with Crippen LogP contribution in [0.5, 0.6) is 5.75 Å². The molecule has 0 N–H and O–H groups in total. The third-order valence-corrected chi connectivity index (χ3v) is 4.95. The fraction of sp³-hybridized carbons (Fsp3) is 0.265. The molecule has 0 bridgehead atoms. The van der Waals surface area contributed by atoms with E-state index in [9.17, 15) is 14.4 Å². The van der Waals surface area contributed by atoms with Crippen LogP contribution >= 0.6 is 0 Å². The Morgan fingerprint density at radius 2 is 1.27 bits per heavy atom. The largest absolute Gasteiger partial charge is 0.462 e. The lowest BCUT2D eigenvalue weighted by atomic mass is 9.93. The summed E-state index contributed by atoms with van der Waals surface area (Å²) in [7, 11) is 0. The average molecular weight is 545 g/mol. The first-order chi connectivity index (χ1) is 18.8. The van der Waals surface area contributed by atoms with Crippen molar-refractivity contribution >= 4 is 30.1 Å². The number of carbonyl (C=O) groups excluding carboxylic acids is 3. The third kappa shape index (κ3) is 14.5. The average Bonchev–Trinajstić information content (AvgIpc) is 2.93. The molecular formula is C34H40O6. The highest BCUT2D eigenvalue weighted by Gasteiger charge is 2.21. The highest BCUT2D eigenvalue weighted by atomic mass is 16.5. The number of benzene rings is 2. The zero-order valence-corrected chi connectivity index (χ0v) is 24.1. The molecule has 0 amide bonds. The molecule has 2 aromatic carbocycles. The number of rotatable bonds is 11. The number of hydrogen-bond acceptors (Lipinski definition) is 6. The fourth-order valence-electron chi connectivity index (χ4n) is 2.92. The minimum absolute atomic E-state index is 0.137. The normalized spacial score (nSPS) is 11.5. The second-order valence-electron chi connectivity index (χ2n) is 10.7. The molecule has 6 heteroatoms. The maximum absolute atomic E-state index is 12.6. The molecule has 0 radical (unpaired) electrons. The van der Waals surface area contributed by atoms with Crippen LogP contribution in [0.3, 0.4) is 0 Å². The number of hydrogen-bond donors (Lipinski definition) is 0. The Morgan fingerprint density at radius 3 is 1.73 bits per heavy atom. The van der Waals surface area contributed by atoms with Crippen LogP contribution in [0.25, 0.3) is 12.2 Å². The summed E-state index contributed by atoms with van der Waals surface area (Å²) in [4.78, 5) is 34.2. The van der Waals surface area contributed by atoms with E-state index >= 15 is 0 Å². The molecule has 40 heavy (non-hydrogen) atoms. The fourth-order valence-corrected chi connectivity index (χ4v) is 2.92. The lowest BCUT2D eigenvalue weighted by molar-refractivity contribution is -0.146. The molecule has 0 heterocycles. The van der Waals surface area contributed by atoms with Crippen LogP contribution in [-0.4, -0.2) is 31.1 Å². The molecule has 0 unspecified atom stereocenters. The molecular weight excluding hydrogens is 504 g/mol. The first kappa shape index (κ1) is 33.6. The van der Waals surface area contributed by atoms with Crippen LogP contribution in [-0.2, 0) is 23.9 Å². The topological polar surface area (TPSA) is 78.9 Å². The van der Waals surface area contributed by atoms with E-state index in [0.29, 0.717) is 11.3 Å². The van der Waals surface area contributed by atoms with Gasteiger partial charge in [-0.05, 0) is 34.8 Å². The predicted octanol–water partition coefficient (Wildman–Crippen LogP) is 7.39. The van der Waals surface area contributed by atoms with Gasteiger partial charge in [0, 0.05) is 17.6 Å². The summed E-state index contributed by atoms with van der Waals surface area (Å²) >= 11 is 0. The minimum Gasteiger partial charge on any atom is -0.462 e. The maximum atomic E-state index is 12.6. The number of allylic oxidation sites excluding steroid dienone is 1. The van der Waals surface area contributed by atoms with Crippen LogP contribution < -0.4 is 4.74 Å². The van der Waals surface area contributed by atoms with Gasteiger partial charge >= 0.3 is 17.9 Å². The van der Waals surface area contributed by atoms with E-state index in [0.717, 1.165) is 23.3 Å². The molecule has 212 valence electrons. The Balaban J connectivity index is 0.000000459. The lowest BCUT2D eigenvalue weighted by Gasteiger charge is -2.22. The van der Waals surface area contributed by atoms with Gasteiger partial charge in [0.1, 0.15) is 5.75 Å². The van der Waals surface area contributed by atoms with Crippen LogP contribution in [0.2, 0.25) is 0 Å². The van der Waals surface area contributed by atoms with Crippen molar-refractivity contribution in [2.24, 2.45) is 10.8 Å². The quantitative estimate of drug-likeness (QED) is 0.127. The van der Waals surface area contributed by atoms with E-state index in [-0.39, 0.29) is 24.6 Å². The van der Waals surface area contributed by atoms with Crippen molar-refractivity contribution in [3.8, 4) is 5.75 Å². The van der Waals surface area contributed by atoms with Gasteiger partial charge in [-0.3, -0.25) is 0 Å². The van der Waals surface area contributed by atoms with Gasteiger partial charge in [-0.1, -0.05) is 115 Å². The van der Waals surface area contributed by atoms with Gasteiger partial charge in [-0.25, -0.2) is 14.4 Å². The summed E-state index contributed by atoms with van der Waals surface area (Å²) in [6.07, 6.45) is 9.57. The molecule has 0 aliphatic carbocycles. The summed E-state index contributed by atoms with van der Waals surface area (Å²) in [6, 6.07) is 17.1. The Hall–Kier alpha value is -4.45. The van der Waals surface area contributed by atoms with Gasteiger partial charge in [0.05, 0.1) is 18.8 Å². The van der Waals surface area contributed by atoms with Gasteiger partial charge in [-0.2, -0.15) is 0 Å². The smallest absolute Gasteiger partial charge is 0.343 e. The summed E-state index contributed by atoms with van der Waals surface area (Å²) in [5, 5.41) is 0. The summed E-state index contributed by atoms with van der Waals surface area (Å²) in [5.41, 5.74) is 1.99. The van der Waals surface area contributed by atoms with E-state index < -0.39 is 17.4 Å². The van der Waals surface area contributed by atoms with Crippen LogP contribution in [0.15, 0.2) is 104 Å². The molecule has 2 aromatic rings. The molecule has 0 saturated carbocycles. The summed E-state index contributed by atoms with van der Waals surface area (Å²) in [6.45, 7) is 20.4. The van der Waals surface area contributed by atoms with E-state index in [1.807, 2.05) is 68.5 Å². The van der Waals surface area contributed by atoms with Gasteiger partial charge in [0.15, 0.2) is 0 Å². The highest BCUT2D eigenvalue weighted by molar-refractivity contribution is 5.94. The van der Waals surface area contributed by atoms with Gasteiger partial charge in [0.25, 0.3) is 0 Å². The van der Waals surface area contributed by atoms with Crippen molar-refractivity contribution in [3.05, 3.63) is 115 Å². The van der Waals surface area contributed by atoms with Gasteiger partial charge in [0.2, 0.25) is 0 Å². The first-order valence-electron chi connectivity index (χ1n) is 12.8. The van der Waals surface area contributed by atoms with Crippen molar-refractivity contribution in [3.63, 3.8) is 0 Å². The van der Waals surface area contributed by atoms with Crippen molar-refractivity contribution in [2.45, 2.75) is 34.6 Å². The standard InChI is InChI=1S/C23H24O2.C11H16O4/c1-5-18-12-15-21(16-13-18)25-22(24)20(17-23(2,3)4)14-11-19-9-7-6-8-10-19;1-5-9(12)14-7-11(3,4)8-15-10(13)6-2/h5-17H,1H2,2-4H3;5-6H,1-2,7-8H2,3-4H3. The lowest BCUT2D eigenvalue weighted by Crippen LogP contribution is -2.27. The third-order valence-electron chi connectivity index (χ3n) is 4.95. The maximum Gasteiger partial charge on any atom is 0.343 e. The Bertz CT molecular complexity index is 1180. The van der Waals surface area contributed by atoms with Crippen LogP contribution in [0, 0.1) is 10.8 Å². The minimum atomic E-state index is -0.488. The van der Waals surface area contributed by atoms with E-state index in [4.69, 9.17) is 14.2 Å². The van der Waals surface area contributed by atoms with Gasteiger partial charge in [-0.15, -0.1) is 0 Å². The Morgan fingerprint density at radius 1 is 0.750 bits per heavy atom. The molecule has 0 aromatic heterocycles. The molecule has 0 fully saturated rings. The SMILES string of the molecule is C=CC(=O)OCC(C)(C)COC(=O)C=C.C=Cc1ccc(OC(=O)C(C=Cc2ccccc2)=CC(C)(C)C)cc1. The van der Waals surface area contributed by atoms with Crippen molar-refractivity contribution < 1.29 is 28.6 Å². The Kier molecular flexibility index (Phi) is 13.9.